The van der Waals surface area contributed by atoms with Gasteiger partial charge in [0.2, 0.25) is 0 Å². The molecule has 0 radical (unpaired) electrons. The quantitative estimate of drug-likeness (QED) is 0.336. The van der Waals surface area contributed by atoms with Crippen LogP contribution < -0.4 is 0 Å². The Hall–Kier alpha value is -0.910. The van der Waals surface area contributed by atoms with Gasteiger partial charge in [0.15, 0.2) is 0 Å². The van der Waals surface area contributed by atoms with Crippen LogP contribution in [0.1, 0.15) is 89.2 Å². The molecule has 0 aliphatic heterocycles. The minimum Gasteiger partial charge on any atom is -0.393 e. The molecule has 1 unspecified atom stereocenters. The van der Waals surface area contributed by atoms with Crippen molar-refractivity contribution in [1.82, 2.24) is 0 Å². The summed E-state index contributed by atoms with van der Waals surface area (Å²) in [5.74, 6) is 0. The van der Waals surface area contributed by atoms with Crippen molar-refractivity contribution in [2.75, 3.05) is 0 Å². The third-order valence-electron chi connectivity index (χ3n) is 4.80. The number of rotatable bonds is 14. The molecule has 26 heavy (non-hydrogen) atoms. The fourth-order valence-corrected chi connectivity index (χ4v) is 4.23. The highest BCUT2D eigenvalue weighted by molar-refractivity contribution is 7.85. The lowest BCUT2D eigenvalue weighted by atomic mass is 9.97. The molecule has 150 valence electrons. The van der Waals surface area contributed by atoms with Crippen LogP contribution in [0, 0.1) is 0 Å². The molecule has 1 rings (SSSR count). The number of hydrogen-bond donors (Lipinski definition) is 2. The molecule has 0 fully saturated rings. The Balaban J connectivity index is 2.48. The van der Waals surface area contributed by atoms with E-state index in [9.17, 15) is 18.1 Å². The number of aliphatic hydroxyl groups is 1. The van der Waals surface area contributed by atoms with Crippen molar-refractivity contribution >= 4 is 10.1 Å². The molecule has 5 heteroatoms. The fraction of sp³-hybridized carbons (Fsp3) is 0.714. The van der Waals surface area contributed by atoms with Crippen LogP contribution in [0.25, 0.3) is 0 Å². The van der Waals surface area contributed by atoms with E-state index in [1.807, 2.05) is 6.07 Å². The second-order valence-electron chi connectivity index (χ2n) is 7.35. The van der Waals surface area contributed by atoms with Gasteiger partial charge in [0.05, 0.1) is 11.0 Å². The summed E-state index contributed by atoms with van der Waals surface area (Å²) < 4.78 is 32.8. The summed E-state index contributed by atoms with van der Waals surface area (Å²) in [6, 6.07) is 4.92. The molecule has 0 aliphatic rings. The first-order chi connectivity index (χ1) is 12.4. The SMILES string of the molecule is CCCCCCCCCCCCc1c(CC(C)O)cccc1S(=O)(=O)O. The molecule has 0 heterocycles. The Morgan fingerprint density at radius 1 is 0.923 bits per heavy atom. The van der Waals surface area contributed by atoms with Gasteiger partial charge in [0, 0.05) is 0 Å². The lowest BCUT2D eigenvalue weighted by Gasteiger charge is -2.14. The van der Waals surface area contributed by atoms with Gasteiger partial charge in [0.1, 0.15) is 0 Å². The lowest BCUT2D eigenvalue weighted by molar-refractivity contribution is 0.195. The summed E-state index contributed by atoms with van der Waals surface area (Å²) in [5, 5.41) is 9.66. The van der Waals surface area contributed by atoms with Crippen molar-refractivity contribution in [3.8, 4) is 0 Å². The second-order valence-corrected chi connectivity index (χ2v) is 8.74. The monoisotopic (exact) mass is 384 g/mol. The van der Waals surface area contributed by atoms with E-state index in [0.29, 0.717) is 18.4 Å². The summed E-state index contributed by atoms with van der Waals surface area (Å²) in [6.07, 6.45) is 12.7. The van der Waals surface area contributed by atoms with Crippen LogP contribution in [0.4, 0.5) is 0 Å². The molecule has 2 N–H and O–H groups in total. The maximum Gasteiger partial charge on any atom is 0.294 e. The third-order valence-corrected chi connectivity index (χ3v) is 5.74. The predicted octanol–water partition coefficient (Wildman–Crippen LogP) is 5.32. The van der Waals surface area contributed by atoms with Crippen molar-refractivity contribution in [3.63, 3.8) is 0 Å². The van der Waals surface area contributed by atoms with Gasteiger partial charge in [-0.1, -0.05) is 76.8 Å². The third kappa shape index (κ3) is 9.15. The van der Waals surface area contributed by atoms with Crippen LogP contribution in [0.15, 0.2) is 23.1 Å². The Morgan fingerprint density at radius 2 is 1.46 bits per heavy atom. The first-order valence-corrected chi connectivity index (χ1v) is 11.6. The first kappa shape index (κ1) is 23.1. The van der Waals surface area contributed by atoms with Crippen molar-refractivity contribution in [1.29, 1.82) is 0 Å². The normalized spacial score (nSPS) is 13.1. The molecule has 1 atom stereocenters. The van der Waals surface area contributed by atoms with Crippen LogP contribution in [0.5, 0.6) is 0 Å². The fourth-order valence-electron chi connectivity index (χ4n) is 3.44. The summed E-state index contributed by atoms with van der Waals surface area (Å²) in [5.41, 5.74) is 1.47. The average molecular weight is 385 g/mol. The van der Waals surface area contributed by atoms with Crippen molar-refractivity contribution in [2.45, 2.75) is 102 Å². The van der Waals surface area contributed by atoms with Gasteiger partial charge in [-0.2, -0.15) is 8.42 Å². The largest absolute Gasteiger partial charge is 0.393 e. The number of benzene rings is 1. The smallest absolute Gasteiger partial charge is 0.294 e. The van der Waals surface area contributed by atoms with Gasteiger partial charge in [-0.3, -0.25) is 4.55 Å². The van der Waals surface area contributed by atoms with Crippen LogP contribution in [0.3, 0.4) is 0 Å². The molecule has 0 saturated heterocycles. The minimum absolute atomic E-state index is 0.00780. The van der Waals surface area contributed by atoms with Crippen LogP contribution in [0.2, 0.25) is 0 Å². The van der Waals surface area contributed by atoms with Crippen molar-refractivity contribution in [3.05, 3.63) is 29.3 Å². The summed E-state index contributed by atoms with van der Waals surface area (Å²) >= 11 is 0. The molecule has 0 saturated carbocycles. The number of hydrogen-bond acceptors (Lipinski definition) is 3. The molecule has 0 aliphatic carbocycles. The highest BCUT2D eigenvalue weighted by Crippen LogP contribution is 2.24. The Labute approximate surface area is 159 Å². The summed E-state index contributed by atoms with van der Waals surface area (Å²) in [4.78, 5) is -0.00780. The zero-order chi connectivity index (χ0) is 19.4. The number of unbranched alkanes of at least 4 members (excludes halogenated alkanes) is 9. The van der Waals surface area contributed by atoms with E-state index in [4.69, 9.17) is 0 Å². The predicted molar refractivity (Wildman–Crippen MR) is 107 cm³/mol. The summed E-state index contributed by atoms with van der Waals surface area (Å²) in [7, 11) is -4.24. The van der Waals surface area contributed by atoms with Crippen LogP contribution in [-0.4, -0.2) is 24.2 Å². The van der Waals surface area contributed by atoms with E-state index in [-0.39, 0.29) is 4.90 Å². The highest BCUT2D eigenvalue weighted by atomic mass is 32.2. The zero-order valence-electron chi connectivity index (χ0n) is 16.4. The van der Waals surface area contributed by atoms with E-state index < -0.39 is 16.2 Å². The van der Waals surface area contributed by atoms with E-state index in [1.54, 1.807) is 13.0 Å². The van der Waals surface area contributed by atoms with Gasteiger partial charge in [0.25, 0.3) is 10.1 Å². The Bertz CT molecular complexity index is 608. The van der Waals surface area contributed by atoms with Gasteiger partial charge in [-0.05, 0) is 43.4 Å². The van der Waals surface area contributed by atoms with Crippen LogP contribution in [-0.2, 0) is 23.0 Å². The van der Waals surface area contributed by atoms with E-state index in [1.165, 1.54) is 51.0 Å². The van der Waals surface area contributed by atoms with Crippen molar-refractivity contribution < 1.29 is 18.1 Å². The maximum absolute atomic E-state index is 11.7. The average Bonchev–Trinajstić information content (AvgIpc) is 2.56. The molecule has 0 bridgehead atoms. The van der Waals surface area contributed by atoms with Gasteiger partial charge in [-0.15, -0.1) is 0 Å². The van der Waals surface area contributed by atoms with Gasteiger partial charge >= 0.3 is 0 Å². The maximum atomic E-state index is 11.7. The molecule has 4 nitrogen and oxygen atoms in total. The molecule has 0 aromatic heterocycles. The summed E-state index contributed by atoms with van der Waals surface area (Å²) in [6.45, 7) is 3.91. The molecule has 0 amide bonds. The second kappa shape index (κ2) is 12.5. The lowest BCUT2D eigenvalue weighted by Crippen LogP contribution is -2.11. The Kier molecular flexibility index (Phi) is 11.1. The molecular weight excluding hydrogens is 348 g/mol. The standard InChI is InChI=1S/C21H36O4S/c1-3-4-5-6-7-8-9-10-11-12-15-20-19(17-18(2)22)14-13-16-21(20)26(23,24)25/h13-14,16,18,22H,3-12,15,17H2,1-2H3,(H,23,24,25). The molecule has 1 aromatic carbocycles. The molecule has 0 spiro atoms. The zero-order valence-corrected chi connectivity index (χ0v) is 17.2. The van der Waals surface area contributed by atoms with E-state index in [2.05, 4.69) is 6.92 Å². The van der Waals surface area contributed by atoms with Crippen LogP contribution >= 0.6 is 0 Å². The molecular formula is C21H36O4S. The van der Waals surface area contributed by atoms with E-state index in [0.717, 1.165) is 24.8 Å². The highest BCUT2D eigenvalue weighted by Gasteiger charge is 2.18. The molecule has 1 aromatic rings. The number of aliphatic hydroxyl groups excluding tert-OH is 1. The van der Waals surface area contributed by atoms with Crippen molar-refractivity contribution in [2.24, 2.45) is 0 Å². The first-order valence-electron chi connectivity index (χ1n) is 10.1. The topological polar surface area (TPSA) is 74.6 Å². The van der Waals surface area contributed by atoms with Gasteiger partial charge in [-0.25, -0.2) is 0 Å². The van der Waals surface area contributed by atoms with Gasteiger partial charge < -0.3 is 5.11 Å². The van der Waals surface area contributed by atoms with E-state index >= 15 is 0 Å². The minimum atomic E-state index is -4.24. The Morgan fingerprint density at radius 3 is 1.96 bits per heavy atom.